The number of hydrogen-bond donors (Lipinski definition) is 2. The molecule has 0 bridgehead atoms. The van der Waals surface area contributed by atoms with Crippen molar-refractivity contribution < 1.29 is 14.7 Å². The lowest BCUT2D eigenvalue weighted by Gasteiger charge is -1.83. The Morgan fingerprint density at radius 2 is 1.82 bits per heavy atom. The van der Waals surface area contributed by atoms with Crippen LogP contribution in [0.2, 0.25) is 0 Å². The summed E-state index contributed by atoms with van der Waals surface area (Å²) in [6.45, 7) is 7.66. The minimum Gasteiger partial charge on any atom is -0.478 e. The molecular formula is C7H11NO3. The van der Waals surface area contributed by atoms with Gasteiger partial charge in [-0.05, 0) is 6.20 Å². The average molecular weight is 157 g/mol. The molecule has 0 aliphatic rings. The second-order valence-electron chi connectivity index (χ2n) is 1.45. The Balaban J connectivity index is 0. The highest BCUT2D eigenvalue weighted by molar-refractivity contribution is 5.78. The van der Waals surface area contributed by atoms with E-state index in [1.54, 1.807) is 0 Å². The van der Waals surface area contributed by atoms with E-state index in [9.17, 15) is 9.59 Å². The SMILES string of the molecule is C=CC(=O)O.C=CNC(C)=O. The third-order valence-electron chi connectivity index (χ3n) is 0.480. The van der Waals surface area contributed by atoms with Gasteiger partial charge in [0.25, 0.3) is 0 Å². The fourth-order valence-electron chi connectivity index (χ4n) is 0.144. The Kier molecular flexibility index (Phi) is 9.29. The number of nitrogens with one attached hydrogen (secondary N) is 1. The molecule has 2 N–H and O–H groups in total. The first kappa shape index (κ1) is 12.1. The molecule has 0 aliphatic carbocycles. The number of hydrogen-bond acceptors (Lipinski definition) is 2. The Bertz CT molecular complexity index is 163. The van der Waals surface area contributed by atoms with Crippen molar-refractivity contribution in [2.24, 2.45) is 0 Å². The molecule has 1 amide bonds. The number of amides is 1. The molecule has 62 valence electrons. The van der Waals surface area contributed by atoms with E-state index in [-0.39, 0.29) is 5.91 Å². The molecule has 0 aliphatic heterocycles. The van der Waals surface area contributed by atoms with Crippen molar-refractivity contribution in [1.29, 1.82) is 0 Å². The van der Waals surface area contributed by atoms with E-state index in [0.29, 0.717) is 0 Å². The van der Waals surface area contributed by atoms with E-state index in [1.807, 2.05) is 0 Å². The normalized spacial score (nSPS) is 6.64. The van der Waals surface area contributed by atoms with Crippen LogP contribution >= 0.6 is 0 Å². The second kappa shape index (κ2) is 8.42. The van der Waals surface area contributed by atoms with Crippen molar-refractivity contribution >= 4 is 11.9 Å². The van der Waals surface area contributed by atoms with Crippen molar-refractivity contribution in [3.8, 4) is 0 Å². The molecule has 0 spiro atoms. The van der Waals surface area contributed by atoms with Crippen LogP contribution in [-0.4, -0.2) is 17.0 Å². The molecule has 0 aromatic heterocycles. The molecule has 4 heteroatoms. The summed E-state index contributed by atoms with van der Waals surface area (Å²) in [6.07, 6.45) is 2.18. The van der Waals surface area contributed by atoms with Crippen LogP contribution in [0.25, 0.3) is 0 Å². The number of carboxylic acids is 1. The molecule has 0 unspecified atom stereocenters. The Morgan fingerprint density at radius 3 is 1.82 bits per heavy atom. The summed E-state index contributed by atoms with van der Waals surface area (Å²) in [6, 6.07) is 0. The van der Waals surface area contributed by atoms with Crippen LogP contribution in [0.1, 0.15) is 6.92 Å². The van der Waals surface area contributed by atoms with Gasteiger partial charge in [-0.3, -0.25) is 4.79 Å². The summed E-state index contributed by atoms with van der Waals surface area (Å²) in [5.41, 5.74) is 0. The fraction of sp³-hybridized carbons (Fsp3) is 0.143. The number of aliphatic carboxylic acids is 1. The van der Waals surface area contributed by atoms with Crippen LogP contribution in [0.15, 0.2) is 25.4 Å². The predicted molar refractivity (Wildman–Crippen MR) is 41.8 cm³/mol. The molecule has 11 heavy (non-hydrogen) atoms. The third-order valence-corrected chi connectivity index (χ3v) is 0.480. The molecule has 0 aromatic rings. The van der Waals surface area contributed by atoms with Gasteiger partial charge in [-0.15, -0.1) is 0 Å². The largest absolute Gasteiger partial charge is 0.478 e. The van der Waals surface area contributed by atoms with E-state index in [1.165, 1.54) is 13.1 Å². The average Bonchev–Trinajstić information content (AvgIpc) is 1.89. The Labute approximate surface area is 65.2 Å². The van der Waals surface area contributed by atoms with E-state index < -0.39 is 5.97 Å². The van der Waals surface area contributed by atoms with E-state index >= 15 is 0 Å². The maximum Gasteiger partial charge on any atom is 0.327 e. The maximum atomic E-state index is 9.86. The summed E-state index contributed by atoms with van der Waals surface area (Å²) in [5.74, 6) is -1.06. The lowest BCUT2D eigenvalue weighted by molar-refractivity contribution is -0.131. The molecule has 0 aromatic carbocycles. The topological polar surface area (TPSA) is 66.4 Å². The van der Waals surface area contributed by atoms with Crippen LogP contribution in [0.3, 0.4) is 0 Å². The molecule has 0 saturated carbocycles. The van der Waals surface area contributed by atoms with Gasteiger partial charge in [0.2, 0.25) is 5.91 Å². The summed E-state index contributed by atoms with van der Waals surface area (Å²) >= 11 is 0. The van der Waals surface area contributed by atoms with Gasteiger partial charge in [-0.25, -0.2) is 4.79 Å². The smallest absolute Gasteiger partial charge is 0.327 e. The summed E-state index contributed by atoms with van der Waals surface area (Å²) in [7, 11) is 0. The van der Waals surface area contributed by atoms with Crippen molar-refractivity contribution in [1.82, 2.24) is 5.32 Å². The summed E-state index contributed by atoms with van der Waals surface area (Å²) in [4.78, 5) is 19.1. The number of carboxylic acid groups (broad SMARTS) is 1. The second-order valence-corrected chi connectivity index (χ2v) is 1.45. The molecule has 4 nitrogen and oxygen atoms in total. The fourth-order valence-corrected chi connectivity index (χ4v) is 0.144. The molecular weight excluding hydrogens is 146 g/mol. The van der Waals surface area contributed by atoms with Gasteiger partial charge in [0.05, 0.1) is 0 Å². The first-order valence-corrected chi connectivity index (χ1v) is 2.78. The van der Waals surface area contributed by atoms with Gasteiger partial charge < -0.3 is 10.4 Å². The molecule has 0 atom stereocenters. The highest BCUT2D eigenvalue weighted by atomic mass is 16.4. The standard InChI is InChI=1S/C4H7NO.C3H4O2/c1-3-5-4(2)6;1-2-3(4)5/h3H,1H2,2H3,(H,5,6);2H,1H2,(H,4,5). The van der Waals surface area contributed by atoms with Gasteiger partial charge in [0.1, 0.15) is 0 Å². The van der Waals surface area contributed by atoms with Gasteiger partial charge in [-0.1, -0.05) is 13.2 Å². The maximum absolute atomic E-state index is 9.86. The van der Waals surface area contributed by atoms with Crippen LogP contribution in [0.5, 0.6) is 0 Å². The van der Waals surface area contributed by atoms with Crippen molar-refractivity contribution in [2.75, 3.05) is 0 Å². The Morgan fingerprint density at radius 1 is 1.45 bits per heavy atom. The van der Waals surface area contributed by atoms with Gasteiger partial charge in [0, 0.05) is 13.0 Å². The van der Waals surface area contributed by atoms with Crippen molar-refractivity contribution in [3.05, 3.63) is 25.4 Å². The van der Waals surface area contributed by atoms with Crippen molar-refractivity contribution in [3.63, 3.8) is 0 Å². The first-order chi connectivity index (χ1) is 5.04. The van der Waals surface area contributed by atoms with Crippen LogP contribution in [-0.2, 0) is 9.59 Å². The molecule has 0 rings (SSSR count). The van der Waals surface area contributed by atoms with Crippen LogP contribution in [0.4, 0.5) is 0 Å². The molecule has 0 radical (unpaired) electrons. The van der Waals surface area contributed by atoms with Crippen molar-refractivity contribution in [2.45, 2.75) is 6.92 Å². The lowest BCUT2D eigenvalue weighted by atomic mass is 10.7. The lowest BCUT2D eigenvalue weighted by Crippen LogP contribution is -2.10. The first-order valence-electron chi connectivity index (χ1n) is 2.78. The van der Waals surface area contributed by atoms with E-state index in [2.05, 4.69) is 18.5 Å². The van der Waals surface area contributed by atoms with Gasteiger partial charge >= 0.3 is 5.97 Å². The molecule has 0 fully saturated rings. The summed E-state index contributed by atoms with van der Waals surface area (Å²) < 4.78 is 0. The highest BCUT2D eigenvalue weighted by Gasteiger charge is 1.75. The number of rotatable bonds is 2. The van der Waals surface area contributed by atoms with Crippen LogP contribution < -0.4 is 5.32 Å². The highest BCUT2D eigenvalue weighted by Crippen LogP contribution is 1.54. The predicted octanol–water partition coefficient (Wildman–Crippen LogP) is 0.523. The zero-order valence-electron chi connectivity index (χ0n) is 6.33. The molecule has 0 heterocycles. The minimum atomic E-state index is -0.981. The number of carbonyl (C=O) groups is 2. The Hall–Kier alpha value is -1.58. The number of carbonyl (C=O) groups excluding carboxylic acids is 1. The summed E-state index contributed by atoms with van der Waals surface area (Å²) in [5, 5.41) is 9.94. The third kappa shape index (κ3) is 29.7. The molecule has 0 saturated heterocycles. The van der Waals surface area contributed by atoms with Gasteiger partial charge in [-0.2, -0.15) is 0 Å². The zero-order valence-corrected chi connectivity index (χ0v) is 6.33. The van der Waals surface area contributed by atoms with E-state index in [4.69, 9.17) is 5.11 Å². The monoisotopic (exact) mass is 157 g/mol. The van der Waals surface area contributed by atoms with Gasteiger partial charge in [0.15, 0.2) is 0 Å². The van der Waals surface area contributed by atoms with Crippen LogP contribution in [0, 0.1) is 0 Å². The zero-order chi connectivity index (χ0) is 9.28. The quantitative estimate of drug-likeness (QED) is 0.574. The minimum absolute atomic E-state index is 0.0787. The van der Waals surface area contributed by atoms with E-state index in [0.717, 1.165) is 6.08 Å².